The Hall–Kier alpha value is -1.03. The van der Waals surface area contributed by atoms with Crippen LogP contribution in [-0.4, -0.2) is 75.8 Å². The lowest BCUT2D eigenvalue weighted by Crippen LogP contribution is -2.59. The van der Waals surface area contributed by atoms with E-state index >= 15 is 0 Å². The summed E-state index contributed by atoms with van der Waals surface area (Å²) in [5, 5.41) is 44.6. The molecule has 1 heterocycles. The van der Waals surface area contributed by atoms with Crippen LogP contribution in [0.1, 0.15) is 156 Å². The summed E-state index contributed by atoms with van der Waals surface area (Å²) in [5.41, 5.74) is 0. The predicted octanol–water partition coefficient (Wildman–Crippen LogP) is 6.46. The van der Waals surface area contributed by atoms with Crippen molar-refractivity contribution in [1.82, 2.24) is 5.32 Å². The molecule has 0 bridgehead atoms. The van der Waals surface area contributed by atoms with Crippen molar-refractivity contribution in [2.24, 2.45) is 0 Å². The maximum atomic E-state index is 12.8. The first-order valence-electron chi connectivity index (χ1n) is 17.8. The fourth-order valence-electron chi connectivity index (χ4n) is 5.63. The molecule has 8 nitrogen and oxygen atoms in total. The van der Waals surface area contributed by atoms with Crippen LogP contribution in [0, 0.1) is 0 Å². The number of carbonyl (C=O) groups is 1. The molecule has 2 unspecified atom stereocenters. The van der Waals surface area contributed by atoms with Gasteiger partial charge in [-0.05, 0) is 25.7 Å². The molecule has 0 aliphatic carbocycles. The Morgan fingerprint density at radius 1 is 0.744 bits per heavy atom. The second-order valence-corrected chi connectivity index (χ2v) is 12.5. The minimum absolute atomic E-state index is 0.103. The van der Waals surface area contributed by atoms with E-state index < -0.39 is 42.9 Å². The van der Waals surface area contributed by atoms with Crippen molar-refractivity contribution < 1.29 is 34.7 Å². The van der Waals surface area contributed by atoms with E-state index in [1.807, 2.05) is 13.0 Å². The molecule has 0 saturated carbocycles. The average molecular weight is 614 g/mol. The van der Waals surface area contributed by atoms with Crippen molar-refractivity contribution in [3.63, 3.8) is 0 Å². The molecule has 1 aliphatic rings. The van der Waals surface area contributed by atoms with E-state index in [1.54, 1.807) is 6.08 Å². The lowest BCUT2D eigenvalue weighted by molar-refractivity contribution is -0.298. The molecule has 1 aliphatic heterocycles. The molecule has 1 rings (SSSR count). The molecule has 0 aromatic heterocycles. The lowest BCUT2D eigenvalue weighted by atomic mass is 9.97. The van der Waals surface area contributed by atoms with Gasteiger partial charge in [-0.1, -0.05) is 136 Å². The van der Waals surface area contributed by atoms with Crippen molar-refractivity contribution in [2.75, 3.05) is 6.61 Å². The summed E-state index contributed by atoms with van der Waals surface area (Å²) in [7, 11) is 0. The Morgan fingerprint density at radius 3 is 1.79 bits per heavy atom. The van der Waals surface area contributed by atoms with Crippen LogP contribution in [0.2, 0.25) is 0 Å². The summed E-state index contributed by atoms with van der Waals surface area (Å²) >= 11 is 0. The van der Waals surface area contributed by atoms with E-state index in [0.29, 0.717) is 12.8 Å². The molecule has 1 fully saturated rings. The lowest BCUT2D eigenvalue weighted by Gasteiger charge is -2.40. The summed E-state index contributed by atoms with van der Waals surface area (Å²) < 4.78 is 11.5. The highest BCUT2D eigenvalue weighted by Crippen LogP contribution is 2.24. The van der Waals surface area contributed by atoms with Gasteiger partial charge in [-0.2, -0.15) is 0 Å². The highest BCUT2D eigenvalue weighted by molar-refractivity contribution is 5.76. The number of allylic oxidation sites excluding steroid dienone is 1. The molecule has 1 saturated heterocycles. The maximum absolute atomic E-state index is 12.8. The number of aliphatic hydroxyl groups is 4. The molecular weight excluding hydrogens is 546 g/mol. The van der Waals surface area contributed by atoms with Crippen LogP contribution in [-0.2, 0) is 14.3 Å². The topological polar surface area (TPSA) is 128 Å². The summed E-state index contributed by atoms with van der Waals surface area (Å²) in [4.78, 5) is 12.8. The third-order valence-corrected chi connectivity index (χ3v) is 8.58. The molecule has 43 heavy (non-hydrogen) atoms. The van der Waals surface area contributed by atoms with Gasteiger partial charge in [-0.25, -0.2) is 0 Å². The van der Waals surface area contributed by atoms with Crippen LogP contribution >= 0.6 is 0 Å². The zero-order valence-electron chi connectivity index (χ0n) is 27.8. The van der Waals surface area contributed by atoms with Crippen LogP contribution in [0.5, 0.6) is 0 Å². The Labute approximate surface area is 263 Å². The van der Waals surface area contributed by atoms with Gasteiger partial charge in [0, 0.05) is 6.42 Å². The Morgan fingerprint density at radius 2 is 1.26 bits per heavy atom. The van der Waals surface area contributed by atoms with E-state index in [9.17, 15) is 25.2 Å². The fraction of sp³-hybridized carbons (Fsp3) is 0.914. The van der Waals surface area contributed by atoms with Crippen LogP contribution in [0.4, 0.5) is 0 Å². The molecule has 5 N–H and O–H groups in total. The van der Waals surface area contributed by atoms with Crippen molar-refractivity contribution in [2.45, 2.75) is 198 Å². The number of aliphatic hydroxyl groups excluding tert-OH is 4. The van der Waals surface area contributed by atoms with Crippen LogP contribution in [0.3, 0.4) is 0 Å². The molecule has 0 radical (unpaired) electrons. The van der Waals surface area contributed by atoms with Crippen molar-refractivity contribution in [3.05, 3.63) is 12.2 Å². The third kappa shape index (κ3) is 18.5. The van der Waals surface area contributed by atoms with Gasteiger partial charge >= 0.3 is 0 Å². The minimum atomic E-state index is -1.43. The zero-order chi connectivity index (χ0) is 31.7. The van der Waals surface area contributed by atoms with Gasteiger partial charge in [-0.15, -0.1) is 0 Å². The molecule has 254 valence electrons. The second-order valence-electron chi connectivity index (χ2n) is 12.5. The van der Waals surface area contributed by atoms with Crippen molar-refractivity contribution >= 4 is 5.91 Å². The van der Waals surface area contributed by atoms with Crippen molar-refractivity contribution in [3.8, 4) is 0 Å². The Kier molecular flexibility index (Phi) is 24.4. The number of unbranched alkanes of at least 4 members (excludes halogenated alkanes) is 17. The predicted molar refractivity (Wildman–Crippen MR) is 174 cm³/mol. The smallest absolute Gasteiger partial charge is 0.220 e. The van der Waals surface area contributed by atoms with E-state index in [2.05, 4.69) is 19.2 Å². The summed E-state index contributed by atoms with van der Waals surface area (Å²) in [6.07, 6.45) is 20.3. The fourth-order valence-corrected chi connectivity index (χ4v) is 5.63. The Bertz CT molecular complexity index is 689. The van der Waals surface area contributed by atoms with Gasteiger partial charge in [0.05, 0.1) is 24.9 Å². The average Bonchev–Trinajstić information content (AvgIpc) is 3.00. The third-order valence-electron chi connectivity index (χ3n) is 8.58. The number of amides is 1. The van der Waals surface area contributed by atoms with Gasteiger partial charge in [0.2, 0.25) is 5.91 Å². The molecule has 0 aromatic carbocycles. The van der Waals surface area contributed by atoms with Gasteiger partial charge in [-0.3, -0.25) is 4.79 Å². The molecule has 1 amide bonds. The normalized spacial score (nSPS) is 23.9. The summed E-state index contributed by atoms with van der Waals surface area (Å²) in [5.74, 6) is -0.143. The largest absolute Gasteiger partial charge is 0.388 e. The van der Waals surface area contributed by atoms with Crippen LogP contribution in [0.15, 0.2) is 12.2 Å². The number of hydrogen-bond donors (Lipinski definition) is 5. The number of rotatable bonds is 27. The number of hydrogen-bond acceptors (Lipinski definition) is 7. The van der Waals surface area contributed by atoms with Gasteiger partial charge in [0.1, 0.15) is 18.3 Å². The van der Waals surface area contributed by atoms with Crippen LogP contribution in [0.25, 0.3) is 0 Å². The highest BCUT2D eigenvalue weighted by atomic mass is 16.7. The summed E-state index contributed by atoms with van der Waals surface area (Å²) in [6.45, 7) is 6.17. The Balaban J connectivity index is 2.52. The molecule has 0 spiro atoms. The number of nitrogens with one attached hydrogen (secondary N) is 1. The first-order chi connectivity index (χ1) is 20.8. The first kappa shape index (κ1) is 40.0. The molecular formula is C35H67NO7. The number of ether oxygens (including phenoxy) is 2. The first-order valence-corrected chi connectivity index (χ1v) is 17.8. The standard InChI is InChI=1S/C35H67NO7/c1-4-7-9-11-13-15-17-19-21-23-25-29(37)28(27-42-35-34(41)33(40)32(39)30(6-3)43-35)36-31(38)26-24-22-20-18-16-14-12-10-8-5-2/h23,25,28-30,32-35,37,39-41H,4-22,24,26-27H2,1-3H3,(H,36,38)/b25-23+/t28?,29?,30-,32+,33+,34-,35-/m1/s1. The van der Waals surface area contributed by atoms with Gasteiger partial charge < -0.3 is 35.2 Å². The quantitative estimate of drug-likeness (QED) is 0.0531. The highest BCUT2D eigenvalue weighted by Gasteiger charge is 2.43. The monoisotopic (exact) mass is 613 g/mol. The minimum Gasteiger partial charge on any atom is -0.388 e. The maximum Gasteiger partial charge on any atom is 0.220 e. The second kappa shape index (κ2) is 26.2. The molecule has 7 atom stereocenters. The summed E-state index contributed by atoms with van der Waals surface area (Å²) in [6, 6.07) is -0.731. The SMILES string of the molecule is CCCCCCCCCC/C=C/C(O)C(CO[C@@H]1O[C@H](CC)[C@H](O)[C@H](O)[C@H]1O)NC(=O)CCCCCCCCCCCC. The van der Waals surface area contributed by atoms with E-state index in [1.165, 1.54) is 89.9 Å². The molecule has 0 aromatic rings. The van der Waals surface area contributed by atoms with Crippen LogP contribution < -0.4 is 5.32 Å². The van der Waals surface area contributed by atoms with E-state index in [4.69, 9.17) is 9.47 Å². The van der Waals surface area contributed by atoms with E-state index in [0.717, 1.165) is 32.1 Å². The van der Waals surface area contributed by atoms with Gasteiger partial charge in [0.25, 0.3) is 0 Å². The number of carbonyl (C=O) groups excluding carboxylic acids is 1. The van der Waals surface area contributed by atoms with Crippen molar-refractivity contribution in [1.29, 1.82) is 0 Å². The zero-order valence-corrected chi connectivity index (χ0v) is 27.8. The van der Waals surface area contributed by atoms with E-state index in [-0.39, 0.29) is 12.5 Å². The van der Waals surface area contributed by atoms with Gasteiger partial charge in [0.15, 0.2) is 6.29 Å². The molecule has 8 heteroatoms.